The van der Waals surface area contributed by atoms with Gasteiger partial charge in [-0.05, 0) is 64.5 Å². The van der Waals surface area contributed by atoms with Crippen molar-refractivity contribution < 1.29 is 51.4 Å². The number of aryl methyl sites for hydroxylation is 1. The standard InChI is InChI=1S/C38H46N6O11S/c1-6-22-17-38(22,35(49)42-56(51,52)25-8-9-25)41-31(46)28-14-23(53-32-26-10-7-20(2)13-21(26)11-12-39-32)19-44(28)33(47)27(40-36(50)55-37(3,4)5)16-30(45)43-18-24-15-29(43)34(48)54-24/h6-7,10-13,22-25,27-29H,1,8-9,14-19H2,2-5H3,(H,40,50)(H,41,46)(H,42,49)/t22-,23-,24-,27+,28+,29-,38-/m1/s1. The number of aromatic nitrogens is 1. The number of carbonyl (C=O) groups is 6. The highest BCUT2D eigenvalue weighted by Crippen LogP contribution is 2.45. The lowest BCUT2D eigenvalue weighted by Crippen LogP contribution is -2.59. The average molecular weight is 795 g/mol. The van der Waals surface area contributed by atoms with Crippen molar-refractivity contribution in [3.63, 3.8) is 0 Å². The Morgan fingerprint density at radius 2 is 1.86 bits per heavy atom. The lowest BCUT2D eigenvalue weighted by Gasteiger charge is -2.31. The summed E-state index contributed by atoms with van der Waals surface area (Å²) >= 11 is 0. The maximum atomic E-state index is 14.7. The van der Waals surface area contributed by atoms with Crippen LogP contribution in [0.3, 0.4) is 0 Å². The molecule has 7 atom stereocenters. The van der Waals surface area contributed by atoms with Crippen LogP contribution in [0, 0.1) is 12.8 Å². The SMILES string of the molecule is C=C[C@@H]1C[C@]1(NC(=O)[C@@H]1C[C@@H](Oc2nccc3cc(C)ccc23)CN1C(=O)[C@H](CC(=O)N1C[C@H]2C[C@@H]1C(=O)O2)NC(=O)OC(C)(C)C)C(=O)NS(=O)(=O)C1CC1. The third-order valence-corrected chi connectivity index (χ3v) is 12.6. The van der Waals surface area contributed by atoms with Crippen LogP contribution >= 0.6 is 0 Å². The minimum absolute atomic E-state index is 0.0753. The molecule has 2 aliphatic carbocycles. The van der Waals surface area contributed by atoms with Crippen LogP contribution in [-0.2, 0) is 43.5 Å². The summed E-state index contributed by atoms with van der Waals surface area (Å²) in [5.74, 6) is -3.99. The smallest absolute Gasteiger partial charge is 0.408 e. The Morgan fingerprint density at radius 3 is 2.50 bits per heavy atom. The zero-order valence-electron chi connectivity index (χ0n) is 31.6. The third-order valence-electron chi connectivity index (χ3n) is 10.8. The van der Waals surface area contributed by atoms with Gasteiger partial charge in [0, 0.05) is 30.3 Å². The highest BCUT2D eigenvalue weighted by molar-refractivity contribution is 7.91. The van der Waals surface area contributed by atoms with Gasteiger partial charge in [0.05, 0.1) is 24.8 Å². The number of rotatable bonds is 12. The largest absolute Gasteiger partial charge is 0.472 e. The van der Waals surface area contributed by atoms with Crippen LogP contribution < -0.4 is 20.1 Å². The van der Waals surface area contributed by atoms with E-state index in [1.54, 1.807) is 27.0 Å². The highest BCUT2D eigenvalue weighted by Gasteiger charge is 2.62. The molecule has 300 valence electrons. The number of benzene rings is 1. The van der Waals surface area contributed by atoms with Gasteiger partial charge in [0.15, 0.2) is 0 Å². The fourth-order valence-corrected chi connectivity index (χ4v) is 9.05. The molecule has 1 aromatic heterocycles. The number of morpholine rings is 1. The van der Waals surface area contributed by atoms with E-state index in [0.29, 0.717) is 24.6 Å². The predicted octanol–water partition coefficient (Wildman–Crippen LogP) is 1.37. The number of amides is 5. The minimum Gasteiger partial charge on any atom is -0.472 e. The zero-order chi connectivity index (χ0) is 40.3. The molecule has 5 amide bonds. The van der Waals surface area contributed by atoms with E-state index >= 15 is 0 Å². The molecule has 5 aliphatic rings. The Kier molecular flexibility index (Phi) is 9.99. The molecule has 7 rings (SSSR count). The summed E-state index contributed by atoms with van der Waals surface area (Å²) in [6.45, 7) is 10.5. The van der Waals surface area contributed by atoms with Crippen molar-refractivity contribution in [1.29, 1.82) is 0 Å². The molecular weight excluding hydrogens is 749 g/mol. The molecular formula is C38H46N6O11S. The van der Waals surface area contributed by atoms with Crippen LogP contribution in [0.25, 0.3) is 10.8 Å². The summed E-state index contributed by atoms with van der Waals surface area (Å²) < 4.78 is 44.6. The van der Waals surface area contributed by atoms with Gasteiger partial charge in [-0.2, -0.15) is 0 Å². The van der Waals surface area contributed by atoms with Crippen LogP contribution in [0.4, 0.5) is 4.79 Å². The first kappa shape index (κ1) is 39.0. The number of fused-ring (bicyclic) bond motifs is 3. The first-order valence-corrected chi connectivity index (χ1v) is 20.2. The van der Waals surface area contributed by atoms with Crippen molar-refractivity contribution >= 4 is 56.5 Å². The second-order valence-corrected chi connectivity index (χ2v) is 18.2. The van der Waals surface area contributed by atoms with Gasteiger partial charge in [-0.25, -0.2) is 23.0 Å². The Balaban J connectivity index is 1.18. The van der Waals surface area contributed by atoms with E-state index in [2.05, 4.69) is 26.9 Å². The second kappa shape index (κ2) is 14.4. The van der Waals surface area contributed by atoms with Crippen LogP contribution in [0.5, 0.6) is 5.88 Å². The molecule has 2 saturated carbocycles. The number of sulfonamides is 1. The topological polar surface area (TPSA) is 220 Å². The Hall–Kier alpha value is -5.26. The van der Waals surface area contributed by atoms with Crippen molar-refractivity contribution in [2.75, 3.05) is 13.1 Å². The summed E-state index contributed by atoms with van der Waals surface area (Å²) in [4.78, 5) is 88.6. The molecule has 5 fully saturated rings. The average Bonchev–Trinajstić information content (AvgIpc) is 3.97. The van der Waals surface area contributed by atoms with Crippen molar-refractivity contribution in [3.05, 3.63) is 48.7 Å². The third kappa shape index (κ3) is 7.88. The molecule has 4 heterocycles. The first-order valence-electron chi connectivity index (χ1n) is 18.7. The molecule has 1 aromatic carbocycles. The van der Waals surface area contributed by atoms with E-state index in [0.717, 1.165) is 10.9 Å². The predicted molar refractivity (Wildman–Crippen MR) is 198 cm³/mol. The lowest BCUT2D eigenvalue weighted by atomic mass is 10.1. The molecule has 0 unspecified atom stereocenters. The van der Waals surface area contributed by atoms with Crippen LogP contribution in [-0.4, -0.2) is 119 Å². The molecule has 0 radical (unpaired) electrons. The number of ether oxygens (including phenoxy) is 3. The first-order chi connectivity index (χ1) is 26.4. The van der Waals surface area contributed by atoms with Crippen LogP contribution in [0.1, 0.15) is 64.9 Å². The summed E-state index contributed by atoms with van der Waals surface area (Å²) in [5.41, 5.74) is -1.59. The van der Waals surface area contributed by atoms with Crippen molar-refractivity contribution in [2.45, 2.75) is 113 Å². The fraction of sp³-hybridized carbons (Fsp3) is 0.553. The summed E-state index contributed by atoms with van der Waals surface area (Å²) in [7, 11) is -3.96. The van der Waals surface area contributed by atoms with Gasteiger partial charge in [-0.1, -0.05) is 23.8 Å². The van der Waals surface area contributed by atoms with Gasteiger partial charge < -0.3 is 34.6 Å². The molecule has 3 saturated heterocycles. The van der Waals surface area contributed by atoms with Gasteiger partial charge >= 0.3 is 12.1 Å². The van der Waals surface area contributed by atoms with Crippen molar-refractivity contribution in [3.8, 4) is 5.88 Å². The Morgan fingerprint density at radius 1 is 1.11 bits per heavy atom. The summed E-state index contributed by atoms with van der Waals surface area (Å²) in [5, 5.41) is 6.09. The number of esters is 1. The number of nitrogens with one attached hydrogen (secondary N) is 3. The molecule has 3 aliphatic heterocycles. The van der Waals surface area contributed by atoms with E-state index in [1.165, 1.54) is 15.9 Å². The summed E-state index contributed by atoms with van der Waals surface area (Å²) in [6.07, 6.45) is 1.32. The van der Waals surface area contributed by atoms with Gasteiger partial charge in [0.1, 0.15) is 41.5 Å². The number of pyridine rings is 1. The maximum Gasteiger partial charge on any atom is 0.408 e. The number of hydrogen-bond acceptors (Lipinski definition) is 12. The Bertz CT molecular complexity index is 2120. The fourth-order valence-electron chi connectivity index (χ4n) is 7.68. The van der Waals surface area contributed by atoms with Crippen LogP contribution in [0.15, 0.2) is 43.1 Å². The van der Waals surface area contributed by atoms with Crippen molar-refractivity contribution in [1.82, 2.24) is 30.1 Å². The number of likely N-dealkylation sites (tertiary alicyclic amines) is 2. The molecule has 2 bridgehead atoms. The molecule has 17 nitrogen and oxygen atoms in total. The lowest BCUT2D eigenvalue weighted by molar-refractivity contribution is -0.157. The second-order valence-electron chi connectivity index (χ2n) is 16.3. The number of nitrogens with zero attached hydrogens (tertiary/aromatic N) is 3. The number of carbonyl (C=O) groups excluding carboxylic acids is 6. The van der Waals surface area contributed by atoms with Crippen LogP contribution in [0.2, 0.25) is 0 Å². The van der Waals surface area contributed by atoms with E-state index in [9.17, 15) is 37.2 Å². The number of alkyl carbamates (subject to hydrolysis) is 1. The van der Waals surface area contributed by atoms with Gasteiger partial charge in [0.2, 0.25) is 33.6 Å². The Labute approximate surface area is 323 Å². The summed E-state index contributed by atoms with van der Waals surface area (Å²) in [6, 6.07) is 3.85. The molecule has 3 N–H and O–H groups in total. The zero-order valence-corrected chi connectivity index (χ0v) is 32.4. The molecule has 0 spiro atoms. The van der Waals surface area contributed by atoms with E-state index in [4.69, 9.17) is 14.2 Å². The van der Waals surface area contributed by atoms with Gasteiger partial charge in [-0.3, -0.25) is 23.9 Å². The molecule has 2 aromatic rings. The van der Waals surface area contributed by atoms with E-state index < -0.39 is 105 Å². The van der Waals surface area contributed by atoms with E-state index in [1.807, 2.05) is 31.2 Å². The minimum atomic E-state index is -3.96. The number of hydrogen-bond donors (Lipinski definition) is 3. The quantitative estimate of drug-likeness (QED) is 0.205. The highest BCUT2D eigenvalue weighted by atomic mass is 32.2. The van der Waals surface area contributed by atoms with E-state index in [-0.39, 0.29) is 31.8 Å². The normalized spacial score (nSPS) is 27.3. The molecule has 18 heteroatoms. The van der Waals surface area contributed by atoms with Gasteiger partial charge in [0.25, 0.3) is 5.91 Å². The van der Waals surface area contributed by atoms with Gasteiger partial charge in [-0.15, -0.1) is 6.58 Å². The van der Waals surface area contributed by atoms with Crippen molar-refractivity contribution in [2.24, 2.45) is 5.92 Å². The maximum absolute atomic E-state index is 14.7. The molecule has 56 heavy (non-hydrogen) atoms. The monoisotopic (exact) mass is 794 g/mol.